The fraction of sp³-hybridized carbons (Fsp3) is 0.600. The minimum atomic E-state index is -4.53. The molecule has 0 saturated carbocycles. The molecule has 0 spiro atoms. The minimum Gasteiger partial charge on any atom is -0.370 e. The molecule has 0 aliphatic carbocycles. The van der Waals surface area contributed by atoms with E-state index in [0.29, 0.717) is 30.6 Å². The number of amides is 1. The molecule has 0 bridgehead atoms. The highest BCUT2D eigenvalue weighted by Gasteiger charge is 2.35. The standard InChI is InChI=1S/C25H33F3N4O3S/c1-17-12-19(16-36(34,35)30-23(33)13-18-7-10-31(2)11-8-18)15-32(14-17)22-6-5-21(25(26,27)28)24-20(22)4-3-9-29-24/h3-6,9,17-19H,7-8,10-16H2,1-2H3,(H,30,33)/t17-,19+/m0/s1. The van der Waals surface area contributed by atoms with Crippen molar-refractivity contribution >= 4 is 32.5 Å². The molecular weight excluding hydrogens is 493 g/mol. The van der Waals surface area contributed by atoms with Crippen LogP contribution in [0.3, 0.4) is 0 Å². The van der Waals surface area contributed by atoms with Crippen molar-refractivity contribution in [2.75, 3.05) is 43.9 Å². The van der Waals surface area contributed by atoms with E-state index >= 15 is 0 Å². The molecule has 0 unspecified atom stereocenters. The third kappa shape index (κ3) is 6.47. The Labute approximate surface area is 210 Å². The summed E-state index contributed by atoms with van der Waals surface area (Å²) in [5, 5.41) is 0.384. The van der Waals surface area contributed by atoms with Crippen molar-refractivity contribution in [1.29, 1.82) is 0 Å². The smallest absolute Gasteiger partial charge is 0.370 e. The number of fused-ring (bicyclic) bond motifs is 1. The van der Waals surface area contributed by atoms with Gasteiger partial charge in [-0.2, -0.15) is 13.2 Å². The van der Waals surface area contributed by atoms with E-state index in [0.717, 1.165) is 32.0 Å². The quantitative estimate of drug-likeness (QED) is 0.615. The number of alkyl halides is 3. The van der Waals surface area contributed by atoms with Crippen LogP contribution in [-0.2, 0) is 21.0 Å². The summed E-state index contributed by atoms with van der Waals surface area (Å²) in [6, 6.07) is 5.70. The normalized spacial score (nSPS) is 22.6. The molecule has 2 atom stereocenters. The van der Waals surface area contributed by atoms with E-state index in [-0.39, 0.29) is 35.4 Å². The number of sulfonamides is 1. The highest BCUT2D eigenvalue weighted by atomic mass is 32.2. The van der Waals surface area contributed by atoms with Crippen LogP contribution >= 0.6 is 0 Å². The number of nitrogens with one attached hydrogen (secondary N) is 1. The number of halogens is 3. The average Bonchev–Trinajstić information content (AvgIpc) is 2.78. The van der Waals surface area contributed by atoms with E-state index < -0.39 is 27.7 Å². The van der Waals surface area contributed by atoms with Gasteiger partial charge in [-0.25, -0.2) is 8.42 Å². The number of aromatic nitrogens is 1. The third-order valence-corrected chi connectivity index (χ3v) is 8.62. The highest BCUT2D eigenvalue weighted by molar-refractivity contribution is 7.90. The summed E-state index contributed by atoms with van der Waals surface area (Å²) in [6.07, 6.45) is -0.598. The van der Waals surface area contributed by atoms with Gasteiger partial charge in [-0.15, -0.1) is 0 Å². The topological polar surface area (TPSA) is 82.6 Å². The number of carbonyl (C=O) groups is 1. The Hall–Kier alpha value is -2.40. The zero-order valence-corrected chi connectivity index (χ0v) is 21.4. The lowest BCUT2D eigenvalue weighted by Gasteiger charge is -2.38. The number of hydrogen-bond donors (Lipinski definition) is 1. The van der Waals surface area contributed by atoms with Crippen molar-refractivity contribution in [1.82, 2.24) is 14.6 Å². The third-order valence-electron chi connectivity index (χ3n) is 7.18. The Bertz CT molecular complexity index is 1200. The molecule has 2 saturated heterocycles. The Morgan fingerprint density at radius 3 is 2.56 bits per heavy atom. The molecule has 36 heavy (non-hydrogen) atoms. The minimum absolute atomic E-state index is 0.119. The predicted octanol–water partition coefficient (Wildman–Crippen LogP) is 3.89. The number of nitrogens with zero attached hydrogens (tertiary/aromatic N) is 3. The molecule has 3 heterocycles. The van der Waals surface area contributed by atoms with Crippen LogP contribution in [-0.4, -0.2) is 63.2 Å². The molecule has 2 aromatic rings. The number of anilines is 1. The molecule has 1 amide bonds. The van der Waals surface area contributed by atoms with Crippen LogP contribution in [0.15, 0.2) is 30.5 Å². The number of rotatable bonds is 6. The van der Waals surface area contributed by atoms with Crippen LogP contribution in [0.25, 0.3) is 10.9 Å². The molecule has 4 rings (SSSR count). The van der Waals surface area contributed by atoms with Gasteiger partial charge in [0.2, 0.25) is 15.9 Å². The van der Waals surface area contributed by atoms with Crippen molar-refractivity contribution in [3.63, 3.8) is 0 Å². The molecule has 198 valence electrons. The first-order chi connectivity index (χ1) is 16.9. The number of benzene rings is 1. The summed E-state index contributed by atoms with van der Waals surface area (Å²) in [4.78, 5) is 20.6. The molecule has 11 heteroatoms. The fourth-order valence-electron chi connectivity index (χ4n) is 5.56. The second-order valence-corrected chi connectivity index (χ2v) is 12.2. The Kier molecular flexibility index (Phi) is 7.80. The SMILES string of the molecule is C[C@H]1C[C@@H](CS(=O)(=O)NC(=O)CC2CCN(C)CC2)CN(c2ccc(C(F)(F)F)c3ncccc23)C1. The van der Waals surface area contributed by atoms with Crippen molar-refractivity contribution in [2.45, 2.75) is 38.8 Å². The monoisotopic (exact) mass is 526 g/mol. The Balaban J connectivity index is 1.46. The number of hydrogen-bond acceptors (Lipinski definition) is 6. The number of piperidine rings is 2. The van der Waals surface area contributed by atoms with Gasteiger partial charge < -0.3 is 9.80 Å². The number of carbonyl (C=O) groups excluding carboxylic acids is 1. The first kappa shape index (κ1) is 26.7. The average molecular weight is 527 g/mol. The van der Waals surface area contributed by atoms with Crippen LogP contribution in [0.2, 0.25) is 0 Å². The lowest BCUT2D eigenvalue weighted by molar-refractivity contribution is -0.136. The van der Waals surface area contributed by atoms with E-state index in [1.807, 2.05) is 18.9 Å². The van der Waals surface area contributed by atoms with E-state index in [4.69, 9.17) is 0 Å². The van der Waals surface area contributed by atoms with Gasteiger partial charge in [0, 0.05) is 36.8 Å². The summed E-state index contributed by atoms with van der Waals surface area (Å²) in [7, 11) is -1.81. The number of likely N-dealkylation sites (tertiary alicyclic amines) is 1. The highest BCUT2D eigenvalue weighted by Crippen LogP contribution is 2.39. The van der Waals surface area contributed by atoms with Crippen LogP contribution in [0.4, 0.5) is 18.9 Å². The maximum Gasteiger partial charge on any atom is 0.418 e. The van der Waals surface area contributed by atoms with E-state index in [9.17, 15) is 26.4 Å². The maximum absolute atomic E-state index is 13.5. The lowest BCUT2D eigenvalue weighted by Crippen LogP contribution is -2.44. The van der Waals surface area contributed by atoms with Gasteiger partial charge in [-0.05, 0) is 81.4 Å². The predicted molar refractivity (Wildman–Crippen MR) is 133 cm³/mol. The molecule has 2 aliphatic rings. The second-order valence-electron chi connectivity index (χ2n) is 10.4. The Morgan fingerprint density at radius 1 is 1.14 bits per heavy atom. The van der Waals surface area contributed by atoms with Gasteiger partial charge in [0.25, 0.3) is 0 Å². The molecule has 1 aromatic heterocycles. The zero-order valence-electron chi connectivity index (χ0n) is 20.6. The molecule has 1 aromatic carbocycles. The van der Waals surface area contributed by atoms with Crippen molar-refractivity contribution in [3.8, 4) is 0 Å². The van der Waals surface area contributed by atoms with Gasteiger partial charge in [0.15, 0.2) is 0 Å². The summed E-state index contributed by atoms with van der Waals surface area (Å²) in [5.74, 6) is -0.628. The van der Waals surface area contributed by atoms with Gasteiger partial charge in [-0.3, -0.25) is 14.5 Å². The van der Waals surface area contributed by atoms with Crippen molar-refractivity contribution in [3.05, 3.63) is 36.0 Å². The summed E-state index contributed by atoms with van der Waals surface area (Å²) >= 11 is 0. The van der Waals surface area contributed by atoms with Gasteiger partial charge >= 0.3 is 6.18 Å². The fourth-order valence-corrected chi connectivity index (χ4v) is 6.93. The molecule has 7 nitrogen and oxygen atoms in total. The first-order valence-corrected chi connectivity index (χ1v) is 14.0. The first-order valence-electron chi connectivity index (χ1n) is 12.3. The molecule has 0 radical (unpaired) electrons. The van der Waals surface area contributed by atoms with Crippen molar-refractivity contribution < 1.29 is 26.4 Å². The van der Waals surface area contributed by atoms with Gasteiger partial charge in [0.1, 0.15) is 0 Å². The van der Waals surface area contributed by atoms with E-state index in [2.05, 4.69) is 14.6 Å². The summed E-state index contributed by atoms with van der Waals surface area (Å²) < 4.78 is 68.4. The largest absolute Gasteiger partial charge is 0.418 e. The Morgan fingerprint density at radius 2 is 1.86 bits per heavy atom. The summed E-state index contributed by atoms with van der Waals surface area (Å²) in [6.45, 7) is 4.75. The molecule has 2 fully saturated rings. The van der Waals surface area contributed by atoms with E-state index in [1.54, 1.807) is 12.1 Å². The van der Waals surface area contributed by atoms with Crippen molar-refractivity contribution in [2.24, 2.45) is 17.8 Å². The molecule has 1 N–H and O–H groups in total. The van der Waals surface area contributed by atoms with E-state index in [1.165, 1.54) is 12.3 Å². The van der Waals surface area contributed by atoms with Crippen LogP contribution < -0.4 is 9.62 Å². The molecule has 2 aliphatic heterocycles. The molecular formula is C25H33F3N4O3S. The van der Waals surface area contributed by atoms with Gasteiger partial charge in [-0.1, -0.05) is 6.92 Å². The number of pyridine rings is 1. The lowest BCUT2D eigenvalue weighted by atomic mass is 9.91. The summed E-state index contributed by atoms with van der Waals surface area (Å²) in [5.41, 5.74) is -0.309. The van der Waals surface area contributed by atoms with Crippen LogP contribution in [0, 0.1) is 17.8 Å². The van der Waals surface area contributed by atoms with Crippen LogP contribution in [0.5, 0.6) is 0 Å². The zero-order chi connectivity index (χ0) is 26.1. The second kappa shape index (κ2) is 10.5. The van der Waals surface area contributed by atoms with Crippen LogP contribution in [0.1, 0.15) is 38.2 Å². The maximum atomic E-state index is 13.5. The van der Waals surface area contributed by atoms with Gasteiger partial charge in [0.05, 0.1) is 16.8 Å².